The maximum Gasteiger partial charge on any atom is 0.0995 e. The zero-order chi connectivity index (χ0) is 8.77. The Balaban J connectivity index is 2.13. The predicted molar refractivity (Wildman–Crippen MR) is 51.2 cm³/mol. The Morgan fingerprint density at radius 3 is 2.67 bits per heavy atom. The number of nitrogens with zero attached hydrogens (tertiary/aromatic N) is 2. The highest BCUT2D eigenvalue weighted by molar-refractivity contribution is 5.81. The lowest BCUT2D eigenvalue weighted by Crippen LogP contribution is -2.24. The Bertz CT molecular complexity index is 249. The Labute approximate surface area is 74.0 Å². The van der Waals surface area contributed by atoms with Crippen LogP contribution in [-0.4, -0.2) is 24.3 Å². The first-order chi connectivity index (χ1) is 5.67. The largest absolute Gasteiger partial charge is 0.334 e. The van der Waals surface area contributed by atoms with Crippen LogP contribution in [0.5, 0.6) is 0 Å². The fourth-order valence-electron chi connectivity index (χ4n) is 2.01. The molecule has 1 saturated carbocycles. The number of amidine groups is 1. The minimum absolute atomic E-state index is 0.614. The third-order valence-electron chi connectivity index (χ3n) is 3.13. The molecule has 66 valence electrons. The smallest absolute Gasteiger partial charge is 0.0995 e. The van der Waals surface area contributed by atoms with Crippen molar-refractivity contribution in [1.29, 1.82) is 0 Å². The van der Waals surface area contributed by atoms with E-state index in [0.29, 0.717) is 5.41 Å². The van der Waals surface area contributed by atoms with E-state index in [2.05, 4.69) is 23.4 Å². The Hall–Kier alpha value is -0.790. The highest BCUT2D eigenvalue weighted by Gasteiger charge is 2.49. The van der Waals surface area contributed by atoms with E-state index >= 15 is 0 Å². The van der Waals surface area contributed by atoms with Crippen LogP contribution >= 0.6 is 0 Å². The molecule has 0 atom stereocenters. The van der Waals surface area contributed by atoms with E-state index in [0.717, 1.165) is 12.4 Å². The fourth-order valence-corrected chi connectivity index (χ4v) is 2.01. The molecule has 1 heterocycles. The second kappa shape index (κ2) is 2.35. The van der Waals surface area contributed by atoms with Gasteiger partial charge in [0.25, 0.3) is 0 Å². The third kappa shape index (κ3) is 1.06. The molecule has 2 rings (SSSR count). The van der Waals surface area contributed by atoms with Crippen molar-refractivity contribution in [3.8, 4) is 0 Å². The van der Waals surface area contributed by atoms with Crippen LogP contribution in [-0.2, 0) is 0 Å². The van der Waals surface area contributed by atoms with Gasteiger partial charge in [-0.3, -0.25) is 4.99 Å². The van der Waals surface area contributed by atoms with Gasteiger partial charge in [0.2, 0.25) is 0 Å². The summed E-state index contributed by atoms with van der Waals surface area (Å²) in [6, 6.07) is 0. The lowest BCUT2D eigenvalue weighted by Gasteiger charge is -2.18. The normalized spacial score (nSPS) is 27.0. The Kier molecular flexibility index (Phi) is 1.53. The Morgan fingerprint density at radius 1 is 1.58 bits per heavy atom. The van der Waals surface area contributed by atoms with Crippen molar-refractivity contribution in [3.63, 3.8) is 0 Å². The van der Waals surface area contributed by atoms with Crippen molar-refractivity contribution in [2.45, 2.75) is 26.2 Å². The van der Waals surface area contributed by atoms with Crippen LogP contribution in [0.15, 0.2) is 17.3 Å². The second-order valence-corrected chi connectivity index (χ2v) is 4.10. The summed E-state index contributed by atoms with van der Waals surface area (Å²) in [7, 11) is 1.85. The molecule has 2 heteroatoms. The molecule has 0 radical (unpaired) electrons. The van der Waals surface area contributed by atoms with Crippen LogP contribution in [0.2, 0.25) is 0 Å². The van der Waals surface area contributed by atoms with Gasteiger partial charge in [0.15, 0.2) is 0 Å². The molecule has 12 heavy (non-hydrogen) atoms. The van der Waals surface area contributed by atoms with Crippen molar-refractivity contribution >= 4 is 5.84 Å². The van der Waals surface area contributed by atoms with Gasteiger partial charge in [-0.25, -0.2) is 0 Å². The summed E-state index contributed by atoms with van der Waals surface area (Å²) in [5, 5.41) is 0. The summed E-state index contributed by atoms with van der Waals surface area (Å²) in [6.07, 6.45) is 3.97. The Morgan fingerprint density at radius 2 is 2.25 bits per heavy atom. The SMILES string of the molecule is C=C1CC2(CC2)CN1C(C)=NC. The number of allylic oxidation sites excluding steroid dienone is 1. The van der Waals surface area contributed by atoms with Gasteiger partial charge in [-0.2, -0.15) is 0 Å². The average Bonchev–Trinajstić information content (AvgIpc) is 2.70. The van der Waals surface area contributed by atoms with Crippen LogP contribution in [0.25, 0.3) is 0 Å². The van der Waals surface area contributed by atoms with Crippen LogP contribution in [0.1, 0.15) is 26.2 Å². The van der Waals surface area contributed by atoms with Crippen LogP contribution in [0, 0.1) is 5.41 Å². The first-order valence-corrected chi connectivity index (χ1v) is 4.56. The number of hydrogen-bond acceptors (Lipinski definition) is 1. The molecule has 0 aromatic rings. The first-order valence-electron chi connectivity index (χ1n) is 4.56. The maximum atomic E-state index is 4.20. The van der Waals surface area contributed by atoms with Gasteiger partial charge in [-0.15, -0.1) is 0 Å². The van der Waals surface area contributed by atoms with Gasteiger partial charge >= 0.3 is 0 Å². The fraction of sp³-hybridized carbons (Fsp3) is 0.700. The van der Waals surface area contributed by atoms with E-state index in [1.165, 1.54) is 25.0 Å². The second-order valence-electron chi connectivity index (χ2n) is 4.10. The van der Waals surface area contributed by atoms with Crippen molar-refractivity contribution in [1.82, 2.24) is 4.90 Å². The molecule has 1 aliphatic carbocycles. The lowest BCUT2D eigenvalue weighted by atomic mass is 10.1. The van der Waals surface area contributed by atoms with Crippen molar-refractivity contribution in [2.24, 2.45) is 10.4 Å². The standard InChI is InChI=1S/C10H16N2/c1-8-6-10(4-5-10)7-12(8)9(2)11-3/h1,4-7H2,2-3H3. The van der Waals surface area contributed by atoms with E-state index in [1.54, 1.807) is 0 Å². The highest BCUT2D eigenvalue weighted by Crippen LogP contribution is 2.55. The van der Waals surface area contributed by atoms with Gasteiger partial charge in [0, 0.05) is 19.3 Å². The zero-order valence-corrected chi connectivity index (χ0v) is 7.93. The van der Waals surface area contributed by atoms with E-state index in [4.69, 9.17) is 0 Å². The van der Waals surface area contributed by atoms with Crippen molar-refractivity contribution in [3.05, 3.63) is 12.3 Å². The highest BCUT2D eigenvalue weighted by atomic mass is 15.2. The predicted octanol–water partition coefficient (Wildman–Crippen LogP) is 2.03. The molecule has 1 aliphatic heterocycles. The zero-order valence-electron chi connectivity index (χ0n) is 7.93. The summed E-state index contributed by atoms with van der Waals surface area (Å²) in [5.41, 5.74) is 1.87. The van der Waals surface area contributed by atoms with Gasteiger partial charge < -0.3 is 4.90 Å². The molecule has 2 aliphatic rings. The summed E-state index contributed by atoms with van der Waals surface area (Å²) in [4.78, 5) is 6.47. The summed E-state index contributed by atoms with van der Waals surface area (Å²) < 4.78 is 0. The van der Waals surface area contributed by atoms with Gasteiger partial charge in [-0.1, -0.05) is 6.58 Å². The summed E-state index contributed by atoms with van der Waals surface area (Å²) in [5.74, 6) is 1.11. The van der Waals surface area contributed by atoms with Crippen molar-refractivity contribution in [2.75, 3.05) is 13.6 Å². The third-order valence-corrected chi connectivity index (χ3v) is 3.13. The molecule has 0 bridgehead atoms. The first kappa shape index (κ1) is 7.84. The number of likely N-dealkylation sites (tertiary alicyclic amines) is 1. The van der Waals surface area contributed by atoms with E-state index < -0.39 is 0 Å². The molecule has 0 aromatic carbocycles. The topological polar surface area (TPSA) is 15.6 Å². The molecule has 0 N–H and O–H groups in total. The summed E-state index contributed by atoms with van der Waals surface area (Å²) >= 11 is 0. The van der Waals surface area contributed by atoms with Crippen molar-refractivity contribution < 1.29 is 0 Å². The molecule has 0 amide bonds. The maximum absolute atomic E-state index is 4.20. The molecule has 0 unspecified atom stereocenters. The number of rotatable bonds is 0. The molecular weight excluding hydrogens is 148 g/mol. The average molecular weight is 164 g/mol. The van der Waals surface area contributed by atoms with Crippen LogP contribution < -0.4 is 0 Å². The molecule has 2 fully saturated rings. The molecular formula is C10H16N2. The summed E-state index contributed by atoms with van der Waals surface area (Å²) in [6.45, 7) is 7.31. The van der Waals surface area contributed by atoms with Gasteiger partial charge in [0.1, 0.15) is 0 Å². The molecule has 1 spiro atoms. The van der Waals surface area contributed by atoms with Crippen LogP contribution in [0.4, 0.5) is 0 Å². The number of aliphatic imine (C=N–C) groups is 1. The molecule has 1 saturated heterocycles. The van der Waals surface area contributed by atoms with E-state index in [-0.39, 0.29) is 0 Å². The quantitative estimate of drug-likeness (QED) is 0.395. The molecule has 2 nitrogen and oxygen atoms in total. The lowest BCUT2D eigenvalue weighted by molar-refractivity contribution is 0.486. The monoisotopic (exact) mass is 164 g/mol. The minimum atomic E-state index is 0.614. The van der Waals surface area contributed by atoms with E-state index in [9.17, 15) is 0 Å². The number of hydrogen-bond donors (Lipinski definition) is 0. The van der Waals surface area contributed by atoms with E-state index in [1.807, 2.05) is 7.05 Å². The van der Waals surface area contributed by atoms with Gasteiger partial charge in [-0.05, 0) is 31.6 Å². The minimum Gasteiger partial charge on any atom is -0.334 e. The molecule has 0 aromatic heterocycles. The van der Waals surface area contributed by atoms with Crippen LogP contribution in [0.3, 0.4) is 0 Å². The van der Waals surface area contributed by atoms with Gasteiger partial charge in [0.05, 0.1) is 5.84 Å².